The average Bonchev–Trinajstić information content (AvgIpc) is 3.42. The van der Waals surface area contributed by atoms with Crippen LogP contribution in [0.5, 0.6) is 0 Å². The van der Waals surface area contributed by atoms with Crippen molar-refractivity contribution in [1.82, 2.24) is 10.3 Å². The SMILES string of the molecule is N=C(/C(=C1\NC(c2ccccc2)=Cc2ccc(-c3ccc(-c4cc(-c5ccc(-c6ccccc6)cc5)nc(-c5ccc(-c6ccccc6)cc5)c4)cc3)cc21)c1ccccc1)c1ccccc1. The molecule has 0 unspecified atom stereocenters. The van der Waals surface area contributed by atoms with Crippen molar-refractivity contribution < 1.29 is 0 Å². The van der Waals surface area contributed by atoms with Crippen LogP contribution in [0.4, 0.5) is 0 Å². The predicted octanol–water partition coefficient (Wildman–Crippen LogP) is 16.1. The van der Waals surface area contributed by atoms with Crippen LogP contribution in [0.15, 0.2) is 255 Å². The molecule has 3 nitrogen and oxygen atoms in total. The lowest BCUT2D eigenvalue weighted by Crippen LogP contribution is -2.20. The first-order chi connectivity index (χ1) is 33.1. The van der Waals surface area contributed by atoms with Crippen molar-refractivity contribution in [3.63, 3.8) is 0 Å². The Kier molecular flexibility index (Phi) is 11.1. The molecule has 2 N–H and O–H groups in total. The fraction of sp³-hybridized carbons (Fsp3) is 0. The van der Waals surface area contributed by atoms with Crippen LogP contribution in [0.1, 0.15) is 27.8 Å². The monoisotopic (exact) mass is 855 g/mol. The van der Waals surface area contributed by atoms with Crippen LogP contribution in [0.2, 0.25) is 0 Å². The topological polar surface area (TPSA) is 48.8 Å². The molecule has 0 atom stereocenters. The number of pyridine rings is 1. The summed E-state index contributed by atoms with van der Waals surface area (Å²) in [4.78, 5) is 5.28. The number of nitrogens with one attached hydrogen (secondary N) is 2. The Morgan fingerprint density at radius 2 is 0.701 bits per heavy atom. The Hall–Kier alpha value is -8.92. The van der Waals surface area contributed by atoms with Gasteiger partial charge in [-0.05, 0) is 85.5 Å². The van der Waals surface area contributed by atoms with E-state index in [-0.39, 0.29) is 0 Å². The van der Waals surface area contributed by atoms with E-state index in [1.54, 1.807) is 0 Å². The molecule has 0 aliphatic carbocycles. The number of nitrogens with zero attached hydrogens (tertiary/aromatic N) is 1. The van der Waals surface area contributed by atoms with Crippen LogP contribution in [0.25, 0.3) is 90.1 Å². The summed E-state index contributed by atoms with van der Waals surface area (Å²) in [5, 5.41) is 13.5. The molecule has 0 bridgehead atoms. The first-order valence-corrected chi connectivity index (χ1v) is 22.7. The van der Waals surface area contributed by atoms with Gasteiger partial charge in [0.15, 0.2) is 0 Å². The van der Waals surface area contributed by atoms with E-state index in [4.69, 9.17) is 4.98 Å². The maximum atomic E-state index is 9.70. The molecular formula is C64H45N3. The number of rotatable bonds is 10. The molecule has 0 amide bonds. The van der Waals surface area contributed by atoms with Gasteiger partial charge in [-0.3, -0.25) is 5.41 Å². The van der Waals surface area contributed by atoms with Gasteiger partial charge in [-0.2, -0.15) is 0 Å². The van der Waals surface area contributed by atoms with E-state index >= 15 is 0 Å². The van der Waals surface area contributed by atoms with Gasteiger partial charge in [0, 0.05) is 33.5 Å². The van der Waals surface area contributed by atoms with E-state index in [1.807, 2.05) is 66.7 Å². The van der Waals surface area contributed by atoms with Gasteiger partial charge in [-0.1, -0.05) is 237 Å². The molecule has 3 heteroatoms. The second-order valence-corrected chi connectivity index (χ2v) is 16.8. The molecule has 9 aromatic carbocycles. The summed E-state index contributed by atoms with van der Waals surface area (Å²) in [6.45, 7) is 0. The maximum absolute atomic E-state index is 9.70. The summed E-state index contributed by atoms with van der Waals surface area (Å²) in [6.07, 6.45) is 2.22. The Labute approximate surface area is 392 Å². The van der Waals surface area contributed by atoms with E-state index < -0.39 is 0 Å². The lowest BCUT2D eigenvalue weighted by Gasteiger charge is -2.27. The van der Waals surface area contributed by atoms with Crippen molar-refractivity contribution in [3.05, 3.63) is 283 Å². The molecule has 0 saturated carbocycles. The zero-order valence-corrected chi connectivity index (χ0v) is 36.8. The summed E-state index contributed by atoms with van der Waals surface area (Å²) >= 11 is 0. The van der Waals surface area contributed by atoms with Crippen LogP contribution in [-0.2, 0) is 0 Å². The predicted molar refractivity (Wildman–Crippen MR) is 281 cm³/mol. The third-order valence-electron chi connectivity index (χ3n) is 12.5. The third-order valence-corrected chi connectivity index (χ3v) is 12.5. The number of hydrogen-bond acceptors (Lipinski definition) is 3. The molecule has 0 spiro atoms. The molecule has 11 rings (SSSR count). The highest BCUT2D eigenvalue weighted by molar-refractivity contribution is 6.36. The Morgan fingerprint density at radius 1 is 0.328 bits per heavy atom. The lowest BCUT2D eigenvalue weighted by atomic mass is 9.86. The van der Waals surface area contributed by atoms with Crippen molar-refractivity contribution in [2.45, 2.75) is 0 Å². The van der Waals surface area contributed by atoms with E-state index in [2.05, 4.69) is 199 Å². The highest BCUT2D eigenvalue weighted by Gasteiger charge is 2.24. The molecule has 1 aromatic heterocycles. The van der Waals surface area contributed by atoms with Gasteiger partial charge >= 0.3 is 0 Å². The Morgan fingerprint density at radius 3 is 1.19 bits per heavy atom. The molecule has 10 aromatic rings. The van der Waals surface area contributed by atoms with Crippen molar-refractivity contribution in [2.75, 3.05) is 0 Å². The highest BCUT2D eigenvalue weighted by Crippen LogP contribution is 2.39. The first kappa shape index (κ1) is 40.8. The fourth-order valence-electron chi connectivity index (χ4n) is 8.99. The summed E-state index contributed by atoms with van der Waals surface area (Å²) < 4.78 is 0. The van der Waals surface area contributed by atoms with E-state index in [1.165, 1.54) is 22.3 Å². The largest absolute Gasteiger partial charge is 0.354 e. The molecule has 2 heterocycles. The smallest absolute Gasteiger partial charge is 0.0715 e. The zero-order chi connectivity index (χ0) is 44.9. The number of fused-ring (bicyclic) bond motifs is 1. The first-order valence-electron chi connectivity index (χ1n) is 22.7. The zero-order valence-electron chi connectivity index (χ0n) is 36.8. The van der Waals surface area contributed by atoms with Gasteiger partial charge in [-0.25, -0.2) is 4.98 Å². The molecule has 316 valence electrons. The Bertz CT molecular complexity index is 3310. The van der Waals surface area contributed by atoms with Crippen molar-refractivity contribution >= 4 is 28.8 Å². The van der Waals surface area contributed by atoms with E-state index in [0.29, 0.717) is 5.71 Å². The van der Waals surface area contributed by atoms with Crippen molar-refractivity contribution in [2.24, 2.45) is 0 Å². The quantitative estimate of drug-likeness (QED) is 0.135. The van der Waals surface area contributed by atoms with Crippen LogP contribution in [0, 0.1) is 5.41 Å². The van der Waals surface area contributed by atoms with Crippen molar-refractivity contribution in [1.29, 1.82) is 5.41 Å². The standard InChI is InChI=1S/C64H45N3/c65-63(54-24-14-5-15-25-54)62(53-22-12-4-13-23-53)64-58-40-55(38-39-56(58)41-61(67-64)50-20-10-3-11-21-50)48-26-28-49(29-27-48)57-42-59(51-34-30-46(31-35-51)44-16-6-1-7-17-44)66-60(43-57)52-36-32-47(33-37-52)45-18-8-2-9-19-45/h1-43,65,67H/b64-62-,65-63?. The second-order valence-electron chi connectivity index (χ2n) is 16.8. The highest BCUT2D eigenvalue weighted by atomic mass is 14.9. The van der Waals surface area contributed by atoms with Gasteiger partial charge in [0.2, 0.25) is 0 Å². The van der Waals surface area contributed by atoms with Gasteiger partial charge < -0.3 is 5.32 Å². The summed E-state index contributed by atoms with van der Waals surface area (Å²) in [7, 11) is 0. The van der Waals surface area contributed by atoms with Gasteiger partial charge in [0.25, 0.3) is 0 Å². The number of hydrogen-bond donors (Lipinski definition) is 2. The summed E-state index contributed by atoms with van der Waals surface area (Å²) in [5.41, 5.74) is 21.3. The van der Waals surface area contributed by atoms with Gasteiger partial charge in [0.1, 0.15) is 0 Å². The maximum Gasteiger partial charge on any atom is 0.0715 e. The molecule has 0 saturated heterocycles. The van der Waals surface area contributed by atoms with Gasteiger partial charge in [-0.15, -0.1) is 0 Å². The molecule has 1 aliphatic heterocycles. The molecule has 67 heavy (non-hydrogen) atoms. The minimum Gasteiger partial charge on any atom is -0.354 e. The summed E-state index contributed by atoms with van der Waals surface area (Å²) in [5.74, 6) is 0. The van der Waals surface area contributed by atoms with E-state index in [9.17, 15) is 5.41 Å². The third kappa shape index (κ3) is 8.58. The lowest BCUT2D eigenvalue weighted by molar-refractivity contribution is 1.22. The van der Waals surface area contributed by atoms with Gasteiger partial charge in [0.05, 0.1) is 22.8 Å². The molecule has 1 aliphatic rings. The summed E-state index contributed by atoms with van der Waals surface area (Å²) in [6, 6.07) is 89.1. The second kappa shape index (κ2) is 18.3. The average molecular weight is 856 g/mol. The fourth-order valence-corrected chi connectivity index (χ4v) is 8.99. The van der Waals surface area contributed by atoms with E-state index in [0.717, 1.165) is 89.6 Å². The van der Waals surface area contributed by atoms with Crippen LogP contribution >= 0.6 is 0 Å². The normalized spacial score (nSPS) is 12.6. The Balaban J connectivity index is 0.993. The molecule has 0 radical (unpaired) electrons. The van der Waals surface area contributed by atoms with Crippen LogP contribution in [0.3, 0.4) is 0 Å². The molecular weight excluding hydrogens is 811 g/mol. The minimum absolute atomic E-state index is 0.458. The number of benzene rings is 9. The number of allylic oxidation sites excluding steroid dienone is 1. The van der Waals surface area contributed by atoms with Crippen LogP contribution in [-0.4, -0.2) is 10.7 Å². The van der Waals surface area contributed by atoms with Crippen molar-refractivity contribution in [3.8, 4) is 67.0 Å². The number of aromatic nitrogens is 1. The molecule has 0 fully saturated rings. The van der Waals surface area contributed by atoms with Crippen LogP contribution < -0.4 is 5.32 Å². The minimum atomic E-state index is 0.458.